The average molecular weight is 172 g/mol. The van der Waals surface area contributed by atoms with Gasteiger partial charge in [-0.15, -0.1) is 12.4 Å². The van der Waals surface area contributed by atoms with Crippen molar-refractivity contribution in [1.82, 2.24) is 0 Å². The Morgan fingerprint density at radius 2 is 0.750 bits per heavy atom. The molecule has 4 heteroatoms. The van der Waals surface area contributed by atoms with E-state index >= 15 is 0 Å². The molecule has 0 amide bonds. The molecule has 0 aromatic heterocycles. The second kappa shape index (κ2) is 44.4. The molecule has 50 valence electrons. The van der Waals surface area contributed by atoms with Crippen molar-refractivity contribution in [3.05, 3.63) is 10.6 Å². The maximum Gasteiger partial charge on any atom is 2.00 e. The Labute approximate surface area is 73.1 Å². The van der Waals surface area contributed by atoms with Crippen LogP contribution in [0.25, 0.3) is 10.6 Å². The van der Waals surface area contributed by atoms with Crippen LogP contribution in [0.15, 0.2) is 0 Å². The van der Waals surface area contributed by atoms with Crippen LogP contribution in [0.3, 0.4) is 0 Å². The van der Waals surface area contributed by atoms with Crippen LogP contribution in [0.5, 0.6) is 0 Å². The predicted molar refractivity (Wildman–Crippen MR) is 37.7 cm³/mol. The van der Waals surface area contributed by atoms with Gasteiger partial charge in [-0.25, -0.2) is 0 Å². The second-order valence-corrected chi connectivity index (χ2v) is 0.894. The number of hydrogen-bond donors (Lipinski definition) is 0. The van der Waals surface area contributed by atoms with Gasteiger partial charge in [0.2, 0.25) is 0 Å². The molecule has 0 saturated carbocycles. The van der Waals surface area contributed by atoms with Crippen molar-refractivity contribution in [1.29, 1.82) is 0 Å². The molecule has 0 bridgehead atoms. The van der Waals surface area contributed by atoms with E-state index in [1.54, 1.807) is 28.2 Å². The molecular weight excluding hydrogens is 159 g/mol. The number of halogens is 1. The van der Waals surface area contributed by atoms with Gasteiger partial charge in [0.05, 0.1) is 0 Å². The minimum Gasteiger partial charge on any atom is -0.668 e. The first-order valence-electron chi connectivity index (χ1n) is 1.79. The van der Waals surface area contributed by atoms with E-state index in [4.69, 9.17) is 0 Å². The summed E-state index contributed by atoms with van der Waals surface area (Å²) in [5.41, 5.74) is 0. The molecule has 0 aromatic carbocycles. The summed E-state index contributed by atoms with van der Waals surface area (Å²) in [4.78, 5) is 0. The maximum absolute atomic E-state index is 3.50. The molecule has 0 heterocycles. The van der Waals surface area contributed by atoms with Crippen LogP contribution in [0.1, 0.15) is 0 Å². The van der Waals surface area contributed by atoms with E-state index in [-0.39, 0.29) is 34.1 Å². The fraction of sp³-hybridized carbons (Fsp3) is 1.00. The zero-order valence-corrected chi connectivity index (χ0v) is 8.18. The Bertz CT molecular complexity index is 16.0. The maximum atomic E-state index is 3.50. The van der Waals surface area contributed by atoms with Crippen LogP contribution in [0.2, 0.25) is 0 Å². The minimum absolute atomic E-state index is 0. The van der Waals surface area contributed by atoms with Gasteiger partial charge in [-0.3, -0.25) is 0 Å². The van der Waals surface area contributed by atoms with Crippen molar-refractivity contribution in [3.63, 3.8) is 0 Å². The third-order valence-electron chi connectivity index (χ3n) is 0. The molecule has 2 nitrogen and oxygen atoms in total. The van der Waals surface area contributed by atoms with E-state index in [1.807, 2.05) is 0 Å². The van der Waals surface area contributed by atoms with Gasteiger partial charge in [-0.1, -0.05) is 0 Å². The monoisotopic (exact) mass is 172 g/mol. The van der Waals surface area contributed by atoms with E-state index in [1.165, 1.54) is 0 Å². The van der Waals surface area contributed by atoms with E-state index in [2.05, 4.69) is 10.6 Å². The predicted octanol–water partition coefficient (Wildman–Crippen LogP) is 1.66. The molecule has 0 aliphatic carbocycles. The summed E-state index contributed by atoms with van der Waals surface area (Å²) < 4.78 is 0. The molecule has 0 saturated heterocycles. The fourth-order valence-electron chi connectivity index (χ4n) is 0. The molecule has 0 rings (SSSR count). The summed E-state index contributed by atoms with van der Waals surface area (Å²) in [6.45, 7) is 0. The van der Waals surface area contributed by atoms with Crippen LogP contribution in [0, 0.1) is 0 Å². The smallest absolute Gasteiger partial charge is 0.668 e. The molecule has 0 fully saturated rings. The van der Waals surface area contributed by atoms with E-state index in [0.717, 1.165) is 0 Å². The van der Waals surface area contributed by atoms with E-state index < -0.39 is 0 Å². The Kier molecular flexibility index (Phi) is 128. The van der Waals surface area contributed by atoms with Crippen molar-refractivity contribution in [2.24, 2.45) is 0 Å². The SMILES string of the molecule is C[N-]C.C[N-]C.Cl.[Ti+2]. The third kappa shape index (κ3) is 284. The van der Waals surface area contributed by atoms with Crippen LogP contribution >= 0.6 is 12.4 Å². The quantitative estimate of drug-likeness (QED) is 0.497. The molecule has 0 atom stereocenters. The normalized spacial score (nSPS) is 4.50. The fourth-order valence-corrected chi connectivity index (χ4v) is 0. The first-order chi connectivity index (χ1) is 2.83. The van der Waals surface area contributed by atoms with Crippen molar-refractivity contribution >= 4 is 12.4 Å². The van der Waals surface area contributed by atoms with Gasteiger partial charge in [0, 0.05) is 0 Å². The second-order valence-electron chi connectivity index (χ2n) is 0.894. The molecule has 0 radical (unpaired) electrons. The molecule has 0 unspecified atom stereocenters. The van der Waals surface area contributed by atoms with Gasteiger partial charge in [-0.2, -0.15) is 28.2 Å². The van der Waals surface area contributed by atoms with Gasteiger partial charge < -0.3 is 10.6 Å². The van der Waals surface area contributed by atoms with Crippen molar-refractivity contribution in [2.45, 2.75) is 0 Å². The van der Waals surface area contributed by atoms with Gasteiger partial charge in [0.1, 0.15) is 0 Å². The topological polar surface area (TPSA) is 28.2 Å². The summed E-state index contributed by atoms with van der Waals surface area (Å²) in [6, 6.07) is 0. The number of nitrogens with zero attached hydrogens (tertiary/aromatic N) is 2. The Morgan fingerprint density at radius 1 is 0.750 bits per heavy atom. The molecule has 0 aromatic rings. The zero-order chi connectivity index (χ0) is 5.41. The Balaban J connectivity index is -0.0000000160. The molecule has 0 spiro atoms. The summed E-state index contributed by atoms with van der Waals surface area (Å²) >= 11 is 0. The van der Waals surface area contributed by atoms with Gasteiger partial charge in [0.25, 0.3) is 0 Å². The minimum atomic E-state index is 0. The standard InChI is InChI=1S/2C2H6N.ClH.Ti/c2*1-3-2;;/h2*1-2H3;1H;/q2*-1;;+2. The zero-order valence-electron chi connectivity index (χ0n) is 5.80. The Hall–Kier alpha value is 0.924. The van der Waals surface area contributed by atoms with Crippen molar-refractivity contribution < 1.29 is 21.7 Å². The number of hydrogen-bond acceptors (Lipinski definition) is 0. The number of rotatable bonds is 0. The first kappa shape index (κ1) is 23.1. The van der Waals surface area contributed by atoms with Crippen LogP contribution < -0.4 is 0 Å². The van der Waals surface area contributed by atoms with Crippen LogP contribution in [-0.4, -0.2) is 28.2 Å². The van der Waals surface area contributed by atoms with Crippen LogP contribution in [0.4, 0.5) is 0 Å². The molecular formula is C4H13ClN2Ti. The Morgan fingerprint density at radius 3 is 0.750 bits per heavy atom. The molecule has 0 aliphatic rings. The summed E-state index contributed by atoms with van der Waals surface area (Å²) in [7, 11) is 7.00. The molecule has 8 heavy (non-hydrogen) atoms. The van der Waals surface area contributed by atoms with E-state index in [9.17, 15) is 0 Å². The van der Waals surface area contributed by atoms with Crippen molar-refractivity contribution in [3.8, 4) is 0 Å². The van der Waals surface area contributed by atoms with E-state index in [0.29, 0.717) is 0 Å². The third-order valence-corrected chi connectivity index (χ3v) is 0. The molecule has 0 N–H and O–H groups in total. The first-order valence-corrected chi connectivity index (χ1v) is 1.79. The van der Waals surface area contributed by atoms with Gasteiger partial charge in [0.15, 0.2) is 0 Å². The van der Waals surface area contributed by atoms with Gasteiger partial charge >= 0.3 is 21.7 Å². The van der Waals surface area contributed by atoms with Gasteiger partial charge in [-0.05, 0) is 0 Å². The largest absolute Gasteiger partial charge is 2.00 e. The van der Waals surface area contributed by atoms with Crippen molar-refractivity contribution in [2.75, 3.05) is 28.2 Å². The summed E-state index contributed by atoms with van der Waals surface area (Å²) in [6.07, 6.45) is 0. The summed E-state index contributed by atoms with van der Waals surface area (Å²) in [5.74, 6) is 0. The molecule has 0 aliphatic heterocycles. The summed E-state index contributed by atoms with van der Waals surface area (Å²) in [5, 5.41) is 7.00. The average Bonchev–Trinajstić information content (AvgIpc) is 1.39. The van der Waals surface area contributed by atoms with Crippen LogP contribution in [-0.2, 0) is 21.7 Å².